The molecule has 2 N–H and O–H groups in total. The molecule has 0 saturated carbocycles. The number of phenols is 1. The molecule has 100 valence electrons. The van der Waals surface area contributed by atoms with Crippen LogP contribution in [0.1, 0.15) is 37.4 Å². The van der Waals surface area contributed by atoms with Crippen LogP contribution in [0.3, 0.4) is 0 Å². The summed E-state index contributed by atoms with van der Waals surface area (Å²) in [5.41, 5.74) is 3.37. The van der Waals surface area contributed by atoms with Crippen molar-refractivity contribution >= 4 is 5.69 Å². The molecule has 2 heteroatoms. The van der Waals surface area contributed by atoms with Crippen molar-refractivity contribution in [1.29, 1.82) is 0 Å². The number of aromatic hydroxyl groups is 1. The molecule has 1 unspecified atom stereocenters. The first-order valence-electron chi connectivity index (χ1n) is 6.88. The molecule has 19 heavy (non-hydrogen) atoms. The third-order valence-electron chi connectivity index (χ3n) is 3.40. The lowest BCUT2D eigenvalue weighted by atomic mass is 10.0. The van der Waals surface area contributed by atoms with Crippen molar-refractivity contribution in [3.63, 3.8) is 0 Å². The second-order valence-corrected chi connectivity index (χ2v) is 4.72. The Morgan fingerprint density at radius 2 is 1.84 bits per heavy atom. The van der Waals surface area contributed by atoms with Crippen LogP contribution in [-0.4, -0.2) is 5.11 Å². The largest absolute Gasteiger partial charge is 0.508 e. The van der Waals surface area contributed by atoms with Gasteiger partial charge in [0.15, 0.2) is 0 Å². The van der Waals surface area contributed by atoms with Gasteiger partial charge in [0.25, 0.3) is 0 Å². The second kappa shape index (κ2) is 6.28. The van der Waals surface area contributed by atoms with Crippen LogP contribution in [0.15, 0.2) is 48.5 Å². The molecule has 2 nitrogen and oxygen atoms in total. The van der Waals surface area contributed by atoms with Gasteiger partial charge in [-0.15, -0.1) is 0 Å². The molecular weight excluding hydrogens is 234 g/mol. The van der Waals surface area contributed by atoms with E-state index in [-0.39, 0.29) is 6.04 Å². The standard InChI is InChI=1S/C17H21NO/c1-3-13-8-7-9-14(12-13)18-16(4-2)15-10-5-6-11-17(15)19/h5-12,16,18-19H,3-4H2,1-2H3. The average Bonchev–Trinajstić information content (AvgIpc) is 2.46. The van der Waals surface area contributed by atoms with E-state index in [9.17, 15) is 5.11 Å². The minimum absolute atomic E-state index is 0.133. The van der Waals surface area contributed by atoms with E-state index in [2.05, 4.69) is 43.4 Å². The Hall–Kier alpha value is -1.96. The number of hydrogen-bond donors (Lipinski definition) is 2. The van der Waals surface area contributed by atoms with Crippen LogP contribution in [0.25, 0.3) is 0 Å². The average molecular weight is 255 g/mol. The molecule has 0 aliphatic heterocycles. The lowest BCUT2D eigenvalue weighted by Crippen LogP contribution is -2.10. The van der Waals surface area contributed by atoms with E-state index < -0.39 is 0 Å². The molecule has 0 amide bonds. The normalized spacial score (nSPS) is 12.1. The molecule has 0 fully saturated rings. The van der Waals surface area contributed by atoms with Crippen LogP contribution in [0.4, 0.5) is 5.69 Å². The maximum absolute atomic E-state index is 9.95. The highest BCUT2D eigenvalue weighted by atomic mass is 16.3. The first kappa shape index (κ1) is 13.5. The van der Waals surface area contributed by atoms with Gasteiger partial charge < -0.3 is 10.4 Å². The fourth-order valence-corrected chi connectivity index (χ4v) is 2.26. The van der Waals surface area contributed by atoms with Crippen molar-refractivity contribution in [2.45, 2.75) is 32.7 Å². The number of phenolic OH excluding ortho intramolecular Hbond substituents is 1. The number of anilines is 1. The van der Waals surface area contributed by atoms with E-state index in [1.807, 2.05) is 18.2 Å². The van der Waals surface area contributed by atoms with Gasteiger partial charge in [0, 0.05) is 11.3 Å². The first-order chi connectivity index (χ1) is 9.24. The summed E-state index contributed by atoms with van der Waals surface area (Å²) in [7, 11) is 0. The second-order valence-electron chi connectivity index (χ2n) is 4.72. The maximum Gasteiger partial charge on any atom is 0.120 e. The van der Waals surface area contributed by atoms with Gasteiger partial charge in [0.1, 0.15) is 5.75 Å². The third kappa shape index (κ3) is 3.28. The van der Waals surface area contributed by atoms with Gasteiger partial charge in [-0.05, 0) is 36.6 Å². The number of benzene rings is 2. The number of rotatable bonds is 5. The predicted molar refractivity (Wildman–Crippen MR) is 80.6 cm³/mol. The van der Waals surface area contributed by atoms with Crippen molar-refractivity contribution in [3.8, 4) is 5.75 Å². The molecule has 0 heterocycles. The van der Waals surface area contributed by atoms with Gasteiger partial charge in [0.05, 0.1) is 6.04 Å². The molecular formula is C17H21NO. The van der Waals surface area contributed by atoms with Gasteiger partial charge in [0.2, 0.25) is 0 Å². The van der Waals surface area contributed by atoms with E-state index in [0.29, 0.717) is 5.75 Å². The van der Waals surface area contributed by atoms with E-state index >= 15 is 0 Å². The highest BCUT2D eigenvalue weighted by molar-refractivity contribution is 5.49. The van der Waals surface area contributed by atoms with Crippen LogP contribution in [0.5, 0.6) is 5.75 Å². The summed E-state index contributed by atoms with van der Waals surface area (Å²) in [4.78, 5) is 0. The van der Waals surface area contributed by atoms with E-state index in [4.69, 9.17) is 0 Å². The summed E-state index contributed by atoms with van der Waals surface area (Å²) in [5.74, 6) is 0.355. The van der Waals surface area contributed by atoms with Crippen LogP contribution in [-0.2, 0) is 6.42 Å². The highest BCUT2D eigenvalue weighted by Crippen LogP contribution is 2.29. The number of aryl methyl sites for hydroxylation is 1. The van der Waals surface area contributed by atoms with Crippen molar-refractivity contribution in [3.05, 3.63) is 59.7 Å². The van der Waals surface area contributed by atoms with Gasteiger partial charge in [-0.25, -0.2) is 0 Å². The summed E-state index contributed by atoms with van der Waals surface area (Å²) in [5, 5.41) is 13.5. The quantitative estimate of drug-likeness (QED) is 0.823. The Balaban J connectivity index is 2.21. The molecule has 0 radical (unpaired) electrons. The summed E-state index contributed by atoms with van der Waals surface area (Å²) in [6, 6.07) is 16.1. The van der Waals surface area contributed by atoms with Gasteiger partial charge in [-0.2, -0.15) is 0 Å². The zero-order valence-electron chi connectivity index (χ0n) is 11.6. The van der Waals surface area contributed by atoms with Gasteiger partial charge >= 0.3 is 0 Å². The summed E-state index contributed by atoms with van der Waals surface area (Å²) >= 11 is 0. The minimum atomic E-state index is 0.133. The van der Waals surface area contributed by atoms with E-state index in [1.165, 1.54) is 5.56 Å². The Kier molecular flexibility index (Phi) is 4.45. The molecule has 0 aliphatic carbocycles. The van der Waals surface area contributed by atoms with Crippen LogP contribution in [0.2, 0.25) is 0 Å². The number of para-hydroxylation sites is 1. The van der Waals surface area contributed by atoms with Crippen molar-refractivity contribution < 1.29 is 5.11 Å². The molecule has 0 bridgehead atoms. The Morgan fingerprint density at radius 1 is 1.05 bits per heavy atom. The molecule has 0 aromatic heterocycles. The Morgan fingerprint density at radius 3 is 2.53 bits per heavy atom. The van der Waals surface area contributed by atoms with Gasteiger partial charge in [-0.3, -0.25) is 0 Å². The minimum Gasteiger partial charge on any atom is -0.508 e. The van der Waals surface area contributed by atoms with Gasteiger partial charge in [-0.1, -0.05) is 44.2 Å². The molecule has 0 aliphatic rings. The zero-order valence-corrected chi connectivity index (χ0v) is 11.6. The lowest BCUT2D eigenvalue weighted by molar-refractivity contribution is 0.463. The molecule has 2 aromatic rings. The zero-order chi connectivity index (χ0) is 13.7. The monoisotopic (exact) mass is 255 g/mol. The molecule has 1 atom stereocenters. The highest BCUT2D eigenvalue weighted by Gasteiger charge is 2.12. The van der Waals surface area contributed by atoms with E-state index in [1.54, 1.807) is 6.07 Å². The summed E-state index contributed by atoms with van der Waals surface area (Å²) < 4.78 is 0. The number of nitrogens with one attached hydrogen (secondary N) is 1. The Labute approximate surface area is 115 Å². The van der Waals surface area contributed by atoms with Crippen LogP contribution in [0, 0.1) is 0 Å². The first-order valence-corrected chi connectivity index (χ1v) is 6.88. The molecule has 2 aromatic carbocycles. The van der Waals surface area contributed by atoms with Crippen LogP contribution < -0.4 is 5.32 Å². The van der Waals surface area contributed by atoms with Crippen molar-refractivity contribution in [2.75, 3.05) is 5.32 Å². The topological polar surface area (TPSA) is 32.3 Å². The Bertz CT molecular complexity index is 536. The van der Waals surface area contributed by atoms with Crippen molar-refractivity contribution in [2.24, 2.45) is 0 Å². The predicted octanol–water partition coefficient (Wildman–Crippen LogP) is 4.52. The molecule has 0 spiro atoms. The smallest absolute Gasteiger partial charge is 0.120 e. The fraction of sp³-hybridized carbons (Fsp3) is 0.294. The molecule has 0 saturated heterocycles. The van der Waals surface area contributed by atoms with Crippen molar-refractivity contribution in [1.82, 2.24) is 0 Å². The lowest BCUT2D eigenvalue weighted by Gasteiger charge is -2.20. The number of hydrogen-bond acceptors (Lipinski definition) is 2. The summed E-state index contributed by atoms with van der Waals surface area (Å²) in [6.45, 7) is 4.27. The van der Waals surface area contributed by atoms with Crippen LogP contribution >= 0.6 is 0 Å². The third-order valence-corrected chi connectivity index (χ3v) is 3.40. The summed E-state index contributed by atoms with van der Waals surface area (Å²) in [6.07, 6.45) is 1.96. The maximum atomic E-state index is 9.95. The fourth-order valence-electron chi connectivity index (χ4n) is 2.26. The van der Waals surface area contributed by atoms with E-state index in [0.717, 1.165) is 24.1 Å². The molecule has 2 rings (SSSR count). The SMILES string of the molecule is CCc1cccc(NC(CC)c2ccccc2O)c1.